The van der Waals surface area contributed by atoms with Crippen LogP contribution in [-0.4, -0.2) is 16.8 Å². The number of nitro groups is 1. The smallest absolute Gasteiger partial charge is 0.311 e. The van der Waals surface area contributed by atoms with Crippen molar-refractivity contribution < 1.29 is 24.2 Å². The van der Waals surface area contributed by atoms with E-state index in [-0.39, 0.29) is 24.8 Å². The van der Waals surface area contributed by atoms with E-state index in [0.29, 0.717) is 22.8 Å². The van der Waals surface area contributed by atoms with Crippen LogP contribution >= 0.6 is 0 Å². The summed E-state index contributed by atoms with van der Waals surface area (Å²) in [4.78, 5) is 10.5. The SMILES string of the molecule is O=[N+]([O-])c1cc(CO)ccc1Oc1ccc2c(c1)OCO2. The van der Waals surface area contributed by atoms with Gasteiger partial charge in [0.1, 0.15) is 5.75 Å². The van der Waals surface area contributed by atoms with Crippen molar-refractivity contribution in [3.05, 3.63) is 52.1 Å². The predicted octanol–water partition coefficient (Wildman–Crippen LogP) is 2.61. The largest absolute Gasteiger partial charge is 0.454 e. The van der Waals surface area contributed by atoms with Gasteiger partial charge in [0, 0.05) is 12.1 Å². The van der Waals surface area contributed by atoms with Crippen molar-refractivity contribution >= 4 is 5.69 Å². The molecule has 7 heteroatoms. The number of aliphatic hydroxyl groups is 1. The lowest BCUT2D eigenvalue weighted by atomic mass is 10.2. The Hall–Kier alpha value is -2.80. The highest BCUT2D eigenvalue weighted by atomic mass is 16.7. The zero-order valence-electron chi connectivity index (χ0n) is 10.8. The molecule has 0 saturated carbocycles. The summed E-state index contributed by atoms with van der Waals surface area (Å²) in [5, 5.41) is 20.1. The summed E-state index contributed by atoms with van der Waals surface area (Å²) < 4.78 is 15.9. The number of rotatable bonds is 4. The van der Waals surface area contributed by atoms with Crippen molar-refractivity contribution in [3.8, 4) is 23.0 Å². The third-order valence-electron chi connectivity index (χ3n) is 2.97. The van der Waals surface area contributed by atoms with Crippen molar-refractivity contribution in [2.75, 3.05) is 6.79 Å². The first-order valence-corrected chi connectivity index (χ1v) is 6.13. The second kappa shape index (κ2) is 5.29. The van der Waals surface area contributed by atoms with Gasteiger partial charge in [-0.05, 0) is 23.8 Å². The molecular formula is C14H11NO6. The third-order valence-corrected chi connectivity index (χ3v) is 2.97. The van der Waals surface area contributed by atoms with Crippen molar-refractivity contribution in [1.82, 2.24) is 0 Å². The molecule has 3 rings (SSSR count). The second-order valence-corrected chi connectivity index (χ2v) is 4.33. The Morgan fingerprint density at radius 1 is 1.19 bits per heavy atom. The fraction of sp³-hybridized carbons (Fsp3) is 0.143. The zero-order valence-corrected chi connectivity index (χ0v) is 10.8. The summed E-state index contributed by atoms with van der Waals surface area (Å²) in [6, 6.07) is 9.21. The van der Waals surface area contributed by atoms with Crippen LogP contribution in [0.4, 0.5) is 5.69 Å². The molecule has 1 aliphatic heterocycles. The molecule has 0 spiro atoms. The van der Waals surface area contributed by atoms with Gasteiger partial charge < -0.3 is 19.3 Å². The molecule has 0 radical (unpaired) electrons. The first-order chi connectivity index (χ1) is 10.2. The van der Waals surface area contributed by atoms with Crippen LogP contribution in [0.25, 0.3) is 0 Å². The molecule has 2 aromatic rings. The summed E-state index contributed by atoms with van der Waals surface area (Å²) in [6.45, 7) is -0.130. The van der Waals surface area contributed by atoms with E-state index in [1.807, 2.05) is 0 Å². The van der Waals surface area contributed by atoms with E-state index in [9.17, 15) is 10.1 Å². The van der Waals surface area contributed by atoms with Gasteiger partial charge in [-0.15, -0.1) is 0 Å². The minimum Gasteiger partial charge on any atom is -0.454 e. The van der Waals surface area contributed by atoms with E-state index in [1.54, 1.807) is 24.3 Å². The molecule has 0 aromatic heterocycles. The van der Waals surface area contributed by atoms with Crippen LogP contribution in [0.1, 0.15) is 5.56 Å². The van der Waals surface area contributed by atoms with Crippen molar-refractivity contribution in [1.29, 1.82) is 0 Å². The molecule has 0 bridgehead atoms. The molecule has 1 N–H and O–H groups in total. The molecule has 21 heavy (non-hydrogen) atoms. The van der Waals surface area contributed by atoms with Gasteiger partial charge in [-0.2, -0.15) is 0 Å². The van der Waals surface area contributed by atoms with E-state index in [2.05, 4.69) is 0 Å². The number of aliphatic hydroxyl groups excluding tert-OH is 1. The van der Waals surface area contributed by atoms with Crippen LogP contribution in [0.15, 0.2) is 36.4 Å². The van der Waals surface area contributed by atoms with Gasteiger partial charge in [0.2, 0.25) is 12.5 Å². The molecule has 0 aliphatic carbocycles. The lowest BCUT2D eigenvalue weighted by Gasteiger charge is -2.08. The molecule has 0 fully saturated rings. The quantitative estimate of drug-likeness (QED) is 0.687. The summed E-state index contributed by atoms with van der Waals surface area (Å²) in [5.74, 6) is 1.63. The second-order valence-electron chi connectivity index (χ2n) is 4.33. The van der Waals surface area contributed by atoms with E-state index in [0.717, 1.165) is 0 Å². The standard InChI is InChI=1S/C14H11NO6/c16-7-9-1-3-12(11(5-9)15(17)18)21-10-2-4-13-14(6-10)20-8-19-13/h1-6,16H,7-8H2. The number of hydrogen-bond donors (Lipinski definition) is 1. The Kier molecular flexibility index (Phi) is 3.33. The van der Waals surface area contributed by atoms with Crippen molar-refractivity contribution in [3.63, 3.8) is 0 Å². The number of ether oxygens (including phenoxy) is 3. The summed E-state index contributed by atoms with van der Waals surface area (Å²) in [5.41, 5.74) is 0.235. The number of hydrogen-bond acceptors (Lipinski definition) is 6. The molecular weight excluding hydrogens is 278 g/mol. The molecule has 0 amide bonds. The van der Waals surface area contributed by atoms with Gasteiger partial charge in [-0.1, -0.05) is 6.07 Å². The van der Waals surface area contributed by atoms with Gasteiger partial charge in [0.25, 0.3) is 0 Å². The van der Waals surface area contributed by atoms with Crippen molar-refractivity contribution in [2.45, 2.75) is 6.61 Å². The summed E-state index contributed by atoms with van der Waals surface area (Å²) in [7, 11) is 0. The van der Waals surface area contributed by atoms with Crippen LogP contribution in [0.5, 0.6) is 23.0 Å². The Balaban J connectivity index is 1.92. The topological polar surface area (TPSA) is 91.1 Å². The number of benzene rings is 2. The minimum atomic E-state index is -0.554. The van der Waals surface area contributed by atoms with Crippen LogP contribution in [-0.2, 0) is 6.61 Å². The fourth-order valence-electron chi connectivity index (χ4n) is 1.96. The maximum Gasteiger partial charge on any atom is 0.311 e. The number of fused-ring (bicyclic) bond motifs is 1. The van der Waals surface area contributed by atoms with Crippen LogP contribution in [0.3, 0.4) is 0 Å². The van der Waals surface area contributed by atoms with Crippen LogP contribution in [0.2, 0.25) is 0 Å². The molecule has 0 saturated heterocycles. The monoisotopic (exact) mass is 289 g/mol. The maximum atomic E-state index is 11.1. The molecule has 0 atom stereocenters. The lowest BCUT2D eigenvalue weighted by molar-refractivity contribution is -0.385. The Labute approximate surface area is 119 Å². The number of nitro benzene ring substituents is 1. The van der Waals surface area contributed by atoms with Gasteiger partial charge in [0.15, 0.2) is 11.5 Å². The predicted molar refractivity (Wildman–Crippen MR) is 71.7 cm³/mol. The molecule has 1 heterocycles. The fourth-order valence-corrected chi connectivity index (χ4v) is 1.96. The number of nitrogens with zero attached hydrogens (tertiary/aromatic N) is 1. The average molecular weight is 289 g/mol. The molecule has 2 aromatic carbocycles. The first kappa shape index (κ1) is 13.2. The zero-order chi connectivity index (χ0) is 14.8. The molecule has 0 unspecified atom stereocenters. The Morgan fingerprint density at radius 3 is 2.76 bits per heavy atom. The van der Waals surface area contributed by atoms with E-state index >= 15 is 0 Å². The maximum absolute atomic E-state index is 11.1. The normalized spacial score (nSPS) is 12.2. The highest BCUT2D eigenvalue weighted by molar-refractivity contribution is 5.53. The van der Waals surface area contributed by atoms with E-state index in [1.165, 1.54) is 12.1 Å². The minimum absolute atomic E-state index is 0.0936. The van der Waals surface area contributed by atoms with Crippen LogP contribution in [0, 0.1) is 10.1 Å². The van der Waals surface area contributed by atoms with Gasteiger partial charge in [-0.25, -0.2) is 0 Å². The van der Waals surface area contributed by atoms with E-state index in [4.69, 9.17) is 19.3 Å². The summed E-state index contributed by atoms with van der Waals surface area (Å²) in [6.07, 6.45) is 0. The van der Waals surface area contributed by atoms with Gasteiger partial charge >= 0.3 is 5.69 Å². The lowest BCUT2D eigenvalue weighted by Crippen LogP contribution is -1.95. The molecule has 108 valence electrons. The highest BCUT2D eigenvalue weighted by Crippen LogP contribution is 2.38. The Bertz CT molecular complexity index is 700. The van der Waals surface area contributed by atoms with Gasteiger partial charge in [0.05, 0.1) is 11.5 Å². The first-order valence-electron chi connectivity index (χ1n) is 6.13. The molecule has 7 nitrogen and oxygen atoms in total. The highest BCUT2D eigenvalue weighted by Gasteiger charge is 2.19. The Morgan fingerprint density at radius 2 is 2.00 bits per heavy atom. The average Bonchev–Trinajstić information content (AvgIpc) is 2.95. The summed E-state index contributed by atoms with van der Waals surface area (Å²) >= 11 is 0. The third kappa shape index (κ3) is 2.59. The van der Waals surface area contributed by atoms with Crippen LogP contribution < -0.4 is 14.2 Å². The van der Waals surface area contributed by atoms with E-state index < -0.39 is 4.92 Å². The van der Waals surface area contributed by atoms with Gasteiger partial charge in [-0.3, -0.25) is 10.1 Å². The molecule has 1 aliphatic rings. The van der Waals surface area contributed by atoms with Crippen molar-refractivity contribution in [2.24, 2.45) is 0 Å².